The van der Waals surface area contributed by atoms with Crippen molar-refractivity contribution < 1.29 is 19.9 Å². The van der Waals surface area contributed by atoms with Gasteiger partial charge in [0.2, 0.25) is 0 Å². The SMILES string of the molecule is NC(Cc1ccccc1)CN1C[C@H](CCCB(O)O)[C@@](N)(C(=O)O)C1. The number of hydrogen-bond acceptors (Lipinski definition) is 6. The predicted octanol–water partition coefficient (Wildman–Crippen LogP) is -0.477. The van der Waals surface area contributed by atoms with Crippen molar-refractivity contribution in [2.75, 3.05) is 19.6 Å². The van der Waals surface area contributed by atoms with Crippen molar-refractivity contribution in [3.05, 3.63) is 35.9 Å². The quantitative estimate of drug-likeness (QED) is 0.380. The first-order valence-electron chi connectivity index (χ1n) is 8.71. The van der Waals surface area contributed by atoms with Crippen LogP contribution in [0.1, 0.15) is 18.4 Å². The number of rotatable bonds is 9. The minimum atomic E-state index is -1.37. The van der Waals surface area contributed by atoms with E-state index in [4.69, 9.17) is 21.5 Å². The summed E-state index contributed by atoms with van der Waals surface area (Å²) in [6.07, 6.45) is 2.02. The molecule has 1 aromatic rings. The molecule has 1 aromatic carbocycles. The Bertz CT molecular complexity index is 560. The minimum absolute atomic E-state index is 0.0986. The maximum absolute atomic E-state index is 11.7. The molecule has 1 aliphatic heterocycles. The van der Waals surface area contributed by atoms with E-state index < -0.39 is 18.6 Å². The molecule has 0 spiro atoms. The van der Waals surface area contributed by atoms with Crippen LogP contribution in [0, 0.1) is 5.92 Å². The highest BCUT2D eigenvalue weighted by atomic mass is 16.4. The van der Waals surface area contributed by atoms with Gasteiger partial charge in [0.25, 0.3) is 0 Å². The topological polar surface area (TPSA) is 133 Å². The van der Waals surface area contributed by atoms with Crippen molar-refractivity contribution in [2.45, 2.75) is 37.2 Å². The molecule has 0 aliphatic carbocycles. The number of carboxylic acids is 1. The van der Waals surface area contributed by atoms with Gasteiger partial charge in [-0.1, -0.05) is 36.8 Å². The van der Waals surface area contributed by atoms with E-state index in [1.54, 1.807) is 0 Å². The van der Waals surface area contributed by atoms with Gasteiger partial charge in [0.05, 0.1) is 0 Å². The molecule has 138 valence electrons. The molecule has 1 saturated heterocycles. The molecule has 25 heavy (non-hydrogen) atoms. The van der Waals surface area contributed by atoms with Crippen LogP contribution >= 0.6 is 0 Å². The number of carboxylic acid groups (broad SMARTS) is 1. The second-order valence-corrected chi connectivity index (χ2v) is 7.10. The van der Waals surface area contributed by atoms with E-state index in [2.05, 4.69) is 0 Å². The maximum atomic E-state index is 11.7. The van der Waals surface area contributed by atoms with Gasteiger partial charge in [-0.15, -0.1) is 0 Å². The van der Waals surface area contributed by atoms with Crippen molar-refractivity contribution in [3.8, 4) is 0 Å². The summed E-state index contributed by atoms with van der Waals surface area (Å²) in [5.74, 6) is -1.24. The Morgan fingerprint density at radius 1 is 1.36 bits per heavy atom. The molecule has 8 heteroatoms. The number of likely N-dealkylation sites (tertiary alicyclic amines) is 1. The number of hydrogen-bond donors (Lipinski definition) is 5. The van der Waals surface area contributed by atoms with E-state index in [1.165, 1.54) is 0 Å². The van der Waals surface area contributed by atoms with Crippen LogP contribution in [0.4, 0.5) is 0 Å². The molecule has 1 unspecified atom stereocenters. The van der Waals surface area contributed by atoms with Gasteiger partial charge in [0.15, 0.2) is 0 Å². The summed E-state index contributed by atoms with van der Waals surface area (Å²) in [7, 11) is -1.37. The molecule has 0 saturated carbocycles. The first-order valence-corrected chi connectivity index (χ1v) is 8.71. The predicted molar refractivity (Wildman–Crippen MR) is 96.8 cm³/mol. The molecule has 7 nitrogen and oxygen atoms in total. The molecular formula is C17H28BN3O4. The fourth-order valence-corrected chi connectivity index (χ4v) is 3.63. The summed E-state index contributed by atoms with van der Waals surface area (Å²) in [6, 6.07) is 9.85. The molecule has 2 rings (SSSR count). The van der Waals surface area contributed by atoms with Crippen molar-refractivity contribution >= 4 is 13.1 Å². The molecule has 1 aliphatic rings. The molecule has 3 atom stereocenters. The van der Waals surface area contributed by atoms with Crippen LogP contribution in [0.15, 0.2) is 30.3 Å². The normalized spacial score (nSPS) is 25.0. The minimum Gasteiger partial charge on any atom is -0.480 e. The van der Waals surface area contributed by atoms with Crippen molar-refractivity contribution in [3.63, 3.8) is 0 Å². The molecule has 0 bridgehead atoms. The first kappa shape index (κ1) is 19.9. The Labute approximate surface area is 148 Å². The van der Waals surface area contributed by atoms with Gasteiger partial charge in [0, 0.05) is 31.6 Å². The summed E-state index contributed by atoms with van der Waals surface area (Å²) < 4.78 is 0. The zero-order valence-electron chi connectivity index (χ0n) is 14.4. The van der Waals surface area contributed by atoms with E-state index in [0.29, 0.717) is 25.9 Å². The van der Waals surface area contributed by atoms with Crippen LogP contribution in [0.2, 0.25) is 6.32 Å². The lowest BCUT2D eigenvalue weighted by atomic mass is 9.78. The van der Waals surface area contributed by atoms with Gasteiger partial charge in [-0.25, -0.2) is 0 Å². The van der Waals surface area contributed by atoms with Crippen LogP contribution in [0.5, 0.6) is 0 Å². The summed E-state index contributed by atoms with van der Waals surface area (Å²) in [5.41, 5.74) is 12.3. The zero-order chi connectivity index (χ0) is 18.4. The third kappa shape index (κ3) is 5.52. The lowest BCUT2D eigenvalue weighted by molar-refractivity contribution is -0.144. The third-order valence-electron chi connectivity index (χ3n) is 4.94. The van der Waals surface area contributed by atoms with E-state index in [0.717, 1.165) is 12.0 Å². The Hall–Kier alpha value is -1.45. The summed E-state index contributed by atoms with van der Waals surface area (Å²) in [5, 5.41) is 27.5. The number of aliphatic carboxylic acids is 1. The van der Waals surface area contributed by atoms with Crippen LogP contribution in [-0.4, -0.2) is 64.4 Å². The van der Waals surface area contributed by atoms with E-state index >= 15 is 0 Å². The monoisotopic (exact) mass is 349 g/mol. The Morgan fingerprint density at radius 2 is 2.04 bits per heavy atom. The Morgan fingerprint density at radius 3 is 2.64 bits per heavy atom. The summed E-state index contributed by atoms with van der Waals surface area (Å²) >= 11 is 0. The maximum Gasteiger partial charge on any atom is 0.451 e. The fraction of sp³-hybridized carbons (Fsp3) is 0.588. The van der Waals surface area contributed by atoms with E-state index in [-0.39, 0.29) is 24.8 Å². The molecule has 7 N–H and O–H groups in total. The molecule has 1 fully saturated rings. The Kier molecular flexibility index (Phi) is 6.98. The largest absolute Gasteiger partial charge is 0.480 e. The number of nitrogens with two attached hydrogens (primary N) is 2. The Balaban J connectivity index is 1.92. The second-order valence-electron chi connectivity index (χ2n) is 7.10. The smallest absolute Gasteiger partial charge is 0.451 e. The van der Waals surface area contributed by atoms with Crippen molar-refractivity contribution in [1.82, 2.24) is 4.90 Å². The van der Waals surface area contributed by atoms with Crippen LogP contribution in [0.25, 0.3) is 0 Å². The summed E-state index contributed by atoms with van der Waals surface area (Å²) in [4.78, 5) is 13.7. The molecule has 0 amide bonds. The standard InChI is InChI=1S/C17H28BN3O4/c19-15(9-13-5-2-1-3-6-13)11-21-10-14(7-4-8-18(24)25)17(20,12-21)16(22)23/h1-3,5-6,14-15,24-25H,4,7-12,19-20H2,(H,22,23)/t14-,15?,17+/m0/s1. The van der Waals surface area contributed by atoms with Crippen molar-refractivity contribution in [2.24, 2.45) is 17.4 Å². The molecule has 1 heterocycles. The third-order valence-corrected chi connectivity index (χ3v) is 4.94. The second kappa shape index (κ2) is 8.78. The highest BCUT2D eigenvalue weighted by molar-refractivity contribution is 6.40. The number of benzene rings is 1. The van der Waals surface area contributed by atoms with E-state index in [9.17, 15) is 9.90 Å². The van der Waals surface area contributed by atoms with Crippen LogP contribution < -0.4 is 11.5 Å². The molecule has 0 radical (unpaired) electrons. The van der Waals surface area contributed by atoms with Crippen LogP contribution in [-0.2, 0) is 11.2 Å². The fourth-order valence-electron chi connectivity index (χ4n) is 3.63. The van der Waals surface area contributed by atoms with Gasteiger partial charge in [-0.05, 0) is 24.7 Å². The average Bonchev–Trinajstić information content (AvgIpc) is 2.85. The lowest BCUT2D eigenvalue weighted by Gasteiger charge is -2.25. The van der Waals surface area contributed by atoms with Gasteiger partial charge in [0.1, 0.15) is 5.54 Å². The van der Waals surface area contributed by atoms with Gasteiger partial charge in [-0.2, -0.15) is 0 Å². The van der Waals surface area contributed by atoms with E-state index in [1.807, 2.05) is 35.2 Å². The lowest BCUT2D eigenvalue weighted by Crippen LogP contribution is -2.55. The van der Waals surface area contributed by atoms with Crippen molar-refractivity contribution in [1.29, 1.82) is 0 Å². The van der Waals surface area contributed by atoms with Gasteiger partial charge < -0.3 is 26.6 Å². The average molecular weight is 349 g/mol. The first-order chi connectivity index (χ1) is 11.8. The summed E-state index contributed by atoms with van der Waals surface area (Å²) in [6.45, 7) is 1.41. The van der Waals surface area contributed by atoms with Crippen LogP contribution in [0.3, 0.4) is 0 Å². The molecular weight excluding hydrogens is 321 g/mol. The van der Waals surface area contributed by atoms with Gasteiger partial charge >= 0.3 is 13.1 Å². The zero-order valence-corrected chi connectivity index (χ0v) is 14.4. The molecule has 0 aromatic heterocycles. The van der Waals surface area contributed by atoms with Gasteiger partial charge in [-0.3, -0.25) is 9.69 Å². The highest BCUT2D eigenvalue weighted by Crippen LogP contribution is 2.30. The highest BCUT2D eigenvalue weighted by Gasteiger charge is 2.49. The number of carbonyl (C=O) groups is 1. The number of nitrogens with zero attached hydrogens (tertiary/aromatic N) is 1.